The second-order valence-electron chi connectivity index (χ2n) is 3.02. The van der Waals surface area contributed by atoms with Gasteiger partial charge in [0.05, 0.1) is 10.7 Å². The number of hydrogen-bond acceptors (Lipinski definition) is 1. The second-order valence-corrected chi connectivity index (χ2v) is 4.33. The first-order chi connectivity index (χ1) is 7.15. The van der Waals surface area contributed by atoms with Gasteiger partial charge in [-0.3, -0.25) is 4.98 Å². The minimum atomic E-state index is 0.592. The first-order valence-corrected chi connectivity index (χ1v) is 5.36. The molecular formula is C11H6Cl3N. The summed E-state index contributed by atoms with van der Waals surface area (Å²) in [6, 6.07) is 8.90. The Balaban J connectivity index is 2.49. The molecule has 15 heavy (non-hydrogen) atoms. The number of rotatable bonds is 1. The molecule has 1 heterocycles. The van der Waals surface area contributed by atoms with Crippen molar-refractivity contribution in [2.24, 2.45) is 0 Å². The van der Waals surface area contributed by atoms with E-state index in [0.717, 1.165) is 11.3 Å². The van der Waals surface area contributed by atoms with Crippen molar-refractivity contribution in [3.8, 4) is 11.3 Å². The minimum Gasteiger partial charge on any atom is -0.255 e. The fourth-order valence-electron chi connectivity index (χ4n) is 1.25. The van der Waals surface area contributed by atoms with Crippen molar-refractivity contribution in [1.29, 1.82) is 0 Å². The summed E-state index contributed by atoms with van der Waals surface area (Å²) in [5.74, 6) is 0. The first-order valence-electron chi connectivity index (χ1n) is 4.23. The molecule has 0 atom stereocenters. The van der Waals surface area contributed by atoms with Gasteiger partial charge in [-0.2, -0.15) is 0 Å². The molecule has 0 bridgehead atoms. The van der Waals surface area contributed by atoms with Crippen LogP contribution in [0.5, 0.6) is 0 Å². The van der Waals surface area contributed by atoms with E-state index in [0.29, 0.717) is 15.1 Å². The summed E-state index contributed by atoms with van der Waals surface area (Å²) in [5.41, 5.74) is 1.67. The molecule has 2 aromatic rings. The molecule has 1 nitrogen and oxygen atoms in total. The molecule has 76 valence electrons. The van der Waals surface area contributed by atoms with E-state index in [-0.39, 0.29) is 0 Å². The van der Waals surface area contributed by atoms with Gasteiger partial charge in [-0.15, -0.1) is 0 Å². The highest BCUT2D eigenvalue weighted by Gasteiger charge is 2.02. The Morgan fingerprint density at radius 3 is 2.00 bits per heavy atom. The van der Waals surface area contributed by atoms with E-state index in [2.05, 4.69) is 4.98 Å². The average Bonchev–Trinajstić information content (AvgIpc) is 2.17. The molecule has 0 aliphatic heterocycles. The van der Waals surface area contributed by atoms with E-state index in [1.54, 1.807) is 18.3 Å². The predicted octanol–water partition coefficient (Wildman–Crippen LogP) is 4.71. The maximum Gasteiger partial charge on any atom is 0.0704 e. The van der Waals surface area contributed by atoms with Crippen molar-refractivity contribution in [2.45, 2.75) is 0 Å². The average molecular weight is 259 g/mol. The summed E-state index contributed by atoms with van der Waals surface area (Å²) in [6.07, 6.45) is 1.59. The van der Waals surface area contributed by atoms with Crippen LogP contribution >= 0.6 is 34.8 Å². The van der Waals surface area contributed by atoms with Crippen molar-refractivity contribution in [3.63, 3.8) is 0 Å². The first kappa shape index (κ1) is 10.7. The quantitative estimate of drug-likeness (QED) is 0.722. The van der Waals surface area contributed by atoms with Crippen LogP contribution in [0.25, 0.3) is 11.3 Å². The van der Waals surface area contributed by atoms with E-state index in [4.69, 9.17) is 34.8 Å². The third-order valence-electron chi connectivity index (χ3n) is 1.89. The molecule has 0 aliphatic carbocycles. The summed E-state index contributed by atoms with van der Waals surface area (Å²) in [6.45, 7) is 0. The largest absolute Gasteiger partial charge is 0.255 e. The van der Waals surface area contributed by atoms with Gasteiger partial charge >= 0.3 is 0 Å². The highest BCUT2D eigenvalue weighted by Crippen LogP contribution is 2.26. The molecule has 0 amide bonds. The molecule has 0 N–H and O–H groups in total. The van der Waals surface area contributed by atoms with Crippen molar-refractivity contribution in [1.82, 2.24) is 4.98 Å². The molecule has 2 rings (SSSR count). The normalized spacial score (nSPS) is 10.3. The molecule has 1 aromatic carbocycles. The fraction of sp³-hybridized carbons (Fsp3) is 0. The number of nitrogens with zero attached hydrogens (tertiary/aromatic N) is 1. The SMILES string of the molecule is Clc1ccc(-c2cc(Cl)cc(Cl)c2)nc1. The van der Waals surface area contributed by atoms with Crippen LogP contribution in [0.4, 0.5) is 0 Å². The number of benzene rings is 1. The maximum atomic E-state index is 5.89. The number of halogens is 3. The van der Waals surface area contributed by atoms with E-state index in [1.165, 1.54) is 0 Å². The van der Waals surface area contributed by atoms with Gasteiger partial charge in [0.2, 0.25) is 0 Å². The highest BCUT2D eigenvalue weighted by molar-refractivity contribution is 6.35. The lowest BCUT2D eigenvalue weighted by atomic mass is 10.1. The zero-order valence-corrected chi connectivity index (χ0v) is 9.81. The summed E-state index contributed by atoms with van der Waals surface area (Å²) >= 11 is 17.5. The highest BCUT2D eigenvalue weighted by atomic mass is 35.5. The van der Waals surface area contributed by atoms with Crippen LogP contribution in [-0.4, -0.2) is 4.98 Å². The lowest BCUT2D eigenvalue weighted by Gasteiger charge is -2.02. The van der Waals surface area contributed by atoms with Gasteiger partial charge in [0, 0.05) is 21.8 Å². The third-order valence-corrected chi connectivity index (χ3v) is 2.55. The Morgan fingerprint density at radius 1 is 0.800 bits per heavy atom. The van der Waals surface area contributed by atoms with Crippen molar-refractivity contribution >= 4 is 34.8 Å². The summed E-state index contributed by atoms with van der Waals surface area (Å²) in [5, 5.41) is 1.79. The molecular weight excluding hydrogens is 252 g/mol. The molecule has 0 fully saturated rings. The van der Waals surface area contributed by atoms with Gasteiger partial charge in [-0.1, -0.05) is 34.8 Å². The lowest BCUT2D eigenvalue weighted by molar-refractivity contribution is 1.33. The number of hydrogen-bond donors (Lipinski definition) is 0. The Bertz CT molecular complexity index is 459. The number of aromatic nitrogens is 1. The van der Waals surface area contributed by atoms with E-state index in [1.807, 2.05) is 18.2 Å². The summed E-state index contributed by atoms with van der Waals surface area (Å²) in [4.78, 5) is 4.18. The van der Waals surface area contributed by atoms with Crippen LogP contribution in [0, 0.1) is 0 Å². The van der Waals surface area contributed by atoms with Gasteiger partial charge in [0.25, 0.3) is 0 Å². The zero-order valence-electron chi connectivity index (χ0n) is 7.55. The molecule has 0 unspecified atom stereocenters. The van der Waals surface area contributed by atoms with Crippen LogP contribution in [0.15, 0.2) is 36.5 Å². The van der Waals surface area contributed by atoms with Gasteiger partial charge in [-0.05, 0) is 30.3 Å². The van der Waals surface area contributed by atoms with Crippen molar-refractivity contribution < 1.29 is 0 Å². The van der Waals surface area contributed by atoms with Crippen LogP contribution < -0.4 is 0 Å². The van der Waals surface area contributed by atoms with E-state index in [9.17, 15) is 0 Å². The molecule has 4 heteroatoms. The van der Waals surface area contributed by atoms with Crippen LogP contribution in [0.2, 0.25) is 15.1 Å². The second kappa shape index (κ2) is 4.40. The monoisotopic (exact) mass is 257 g/mol. The topological polar surface area (TPSA) is 12.9 Å². The third kappa shape index (κ3) is 2.63. The van der Waals surface area contributed by atoms with E-state index < -0.39 is 0 Å². The van der Waals surface area contributed by atoms with E-state index >= 15 is 0 Å². The molecule has 1 aromatic heterocycles. The van der Waals surface area contributed by atoms with Gasteiger partial charge in [0.1, 0.15) is 0 Å². The Morgan fingerprint density at radius 2 is 1.47 bits per heavy atom. The molecule has 0 saturated heterocycles. The summed E-state index contributed by atoms with van der Waals surface area (Å²) < 4.78 is 0. The standard InChI is InChI=1S/C11H6Cl3N/c12-8-1-2-11(15-6-8)7-3-9(13)5-10(14)4-7/h1-6H. The molecule has 0 spiro atoms. The van der Waals surface area contributed by atoms with Gasteiger partial charge in [0.15, 0.2) is 0 Å². The molecule has 0 saturated carbocycles. The predicted molar refractivity (Wildman–Crippen MR) is 64.7 cm³/mol. The van der Waals surface area contributed by atoms with Gasteiger partial charge < -0.3 is 0 Å². The van der Waals surface area contributed by atoms with Crippen LogP contribution in [0.3, 0.4) is 0 Å². The smallest absolute Gasteiger partial charge is 0.0704 e. The van der Waals surface area contributed by atoms with Crippen LogP contribution in [0.1, 0.15) is 0 Å². The van der Waals surface area contributed by atoms with Crippen LogP contribution in [-0.2, 0) is 0 Å². The maximum absolute atomic E-state index is 5.89. The zero-order chi connectivity index (χ0) is 10.8. The minimum absolute atomic E-state index is 0.592. The summed E-state index contributed by atoms with van der Waals surface area (Å²) in [7, 11) is 0. The Kier molecular flexibility index (Phi) is 3.15. The van der Waals surface area contributed by atoms with Crippen molar-refractivity contribution in [3.05, 3.63) is 51.6 Å². The van der Waals surface area contributed by atoms with Crippen molar-refractivity contribution in [2.75, 3.05) is 0 Å². The lowest BCUT2D eigenvalue weighted by Crippen LogP contribution is -1.82. The molecule has 0 aliphatic rings. The number of pyridine rings is 1. The molecule has 0 radical (unpaired) electrons. The Labute approximate surface area is 103 Å². The fourth-order valence-corrected chi connectivity index (χ4v) is 1.89. The Hall–Kier alpha value is -0.760. The van der Waals surface area contributed by atoms with Gasteiger partial charge in [-0.25, -0.2) is 0 Å².